The second-order valence-corrected chi connectivity index (χ2v) is 6.94. The largest absolute Gasteiger partial charge is 0.352 e. The third kappa shape index (κ3) is 2.48. The summed E-state index contributed by atoms with van der Waals surface area (Å²) in [6.07, 6.45) is 5.98. The summed E-state index contributed by atoms with van der Waals surface area (Å²) in [6, 6.07) is 0.445. The molecule has 2 unspecified atom stereocenters. The van der Waals surface area contributed by atoms with Crippen LogP contribution in [-0.2, 0) is 4.79 Å². The highest BCUT2D eigenvalue weighted by atomic mass is 32.2. The Hall–Kier alpha value is -0.220. The number of amides is 1. The van der Waals surface area contributed by atoms with E-state index >= 15 is 0 Å². The summed E-state index contributed by atoms with van der Waals surface area (Å²) in [6.45, 7) is 2.20. The van der Waals surface area contributed by atoms with Crippen LogP contribution in [0.15, 0.2) is 0 Å². The summed E-state index contributed by atoms with van der Waals surface area (Å²) >= 11 is 1.98. The van der Waals surface area contributed by atoms with E-state index in [4.69, 9.17) is 0 Å². The molecule has 2 aliphatic heterocycles. The molecule has 0 radical (unpaired) electrons. The third-order valence-corrected chi connectivity index (χ3v) is 5.83. The molecular formula is C13H22N2OS. The minimum absolute atomic E-state index is 0.330. The van der Waals surface area contributed by atoms with E-state index in [1.165, 1.54) is 31.4 Å². The molecule has 1 amide bonds. The molecule has 2 saturated heterocycles. The zero-order valence-electron chi connectivity index (χ0n) is 10.3. The molecule has 4 heteroatoms. The number of carbonyl (C=O) groups excluding carboxylic acids is 1. The van der Waals surface area contributed by atoms with E-state index in [1.54, 1.807) is 0 Å². The van der Waals surface area contributed by atoms with E-state index in [9.17, 15) is 4.79 Å². The Bertz CT molecular complexity index is 296. The Morgan fingerprint density at radius 3 is 2.88 bits per heavy atom. The van der Waals surface area contributed by atoms with E-state index in [1.807, 2.05) is 11.8 Å². The van der Waals surface area contributed by atoms with Gasteiger partial charge in [-0.2, -0.15) is 11.8 Å². The molecule has 96 valence electrons. The van der Waals surface area contributed by atoms with Gasteiger partial charge in [-0.05, 0) is 56.4 Å². The Morgan fingerprint density at radius 1 is 1.35 bits per heavy atom. The number of carbonyl (C=O) groups is 1. The van der Waals surface area contributed by atoms with Gasteiger partial charge in [0, 0.05) is 17.7 Å². The molecule has 2 heterocycles. The topological polar surface area (TPSA) is 41.1 Å². The van der Waals surface area contributed by atoms with Crippen LogP contribution < -0.4 is 10.6 Å². The van der Waals surface area contributed by atoms with Crippen molar-refractivity contribution in [1.82, 2.24) is 10.6 Å². The van der Waals surface area contributed by atoms with Crippen molar-refractivity contribution in [2.75, 3.05) is 24.6 Å². The lowest BCUT2D eigenvalue weighted by Gasteiger charge is -2.25. The lowest BCUT2D eigenvalue weighted by molar-refractivity contribution is -0.123. The minimum Gasteiger partial charge on any atom is -0.352 e. The van der Waals surface area contributed by atoms with E-state index < -0.39 is 0 Å². The second-order valence-electron chi connectivity index (χ2n) is 5.79. The molecule has 0 aromatic rings. The molecule has 1 spiro atoms. The molecule has 17 heavy (non-hydrogen) atoms. The van der Waals surface area contributed by atoms with E-state index in [-0.39, 0.29) is 0 Å². The molecule has 3 aliphatic rings. The SMILES string of the molecule is O=C(NC1CCCSC1)C1CC12CCNCC2. The average molecular weight is 254 g/mol. The molecule has 2 N–H and O–H groups in total. The highest BCUT2D eigenvalue weighted by Crippen LogP contribution is 2.58. The maximum Gasteiger partial charge on any atom is 0.223 e. The summed E-state index contributed by atoms with van der Waals surface area (Å²) < 4.78 is 0. The zero-order chi connectivity index (χ0) is 11.7. The standard InChI is InChI=1S/C13H22N2OS/c16-12(15-10-2-1-7-17-9-10)11-8-13(11)3-5-14-6-4-13/h10-11,14H,1-9H2,(H,15,16). The molecule has 0 aromatic heterocycles. The molecule has 0 aromatic carbocycles. The van der Waals surface area contributed by atoms with Gasteiger partial charge in [-0.3, -0.25) is 4.79 Å². The normalized spacial score (nSPS) is 35.5. The Kier molecular flexibility index (Phi) is 3.35. The molecular weight excluding hydrogens is 232 g/mol. The summed E-state index contributed by atoms with van der Waals surface area (Å²) in [5, 5.41) is 6.66. The van der Waals surface area contributed by atoms with Gasteiger partial charge >= 0.3 is 0 Å². The summed E-state index contributed by atoms with van der Waals surface area (Å²) in [7, 11) is 0. The van der Waals surface area contributed by atoms with Gasteiger partial charge < -0.3 is 10.6 Å². The average Bonchev–Trinajstić information content (AvgIpc) is 3.05. The number of hydrogen-bond acceptors (Lipinski definition) is 3. The van der Waals surface area contributed by atoms with Crippen LogP contribution in [0.5, 0.6) is 0 Å². The number of nitrogens with one attached hydrogen (secondary N) is 2. The second kappa shape index (κ2) is 4.81. The highest BCUT2D eigenvalue weighted by molar-refractivity contribution is 7.99. The summed E-state index contributed by atoms with van der Waals surface area (Å²) in [4.78, 5) is 12.2. The quantitative estimate of drug-likeness (QED) is 0.782. The van der Waals surface area contributed by atoms with Crippen LogP contribution in [0.4, 0.5) is 0 Å². The first-order valence-corrected chi connectivity index (χ1v) is 8.04. The van der Waals surface area contributed by atoms with Gasteiger partial charge in [-0.1, -0.05) is 0 Å². The van der Waals surface area contributed by atoms with Crippen molar-refractivity contribution in [2.24, 2.45) is 11.3 Å². The van der Waals surface area contributed by atoms with E-state index in [2.05, 4.69) is 10.6 Å². The van der Waals surface area contributed by atoms with E-state index in [0.29, 0.717) is 23.3 Å². The molecule has 0 bridgehead atoms. The maximum absolute atomic E-state index is 12.2. The van der Waals surface area contributed by atoms with Crippen molar-refractivity contribution in [3.05, 3.63) is 0 Å². The zero-order valence-corrected chi connectivity index (χ0v) is 11.2. The van der Waals surface area contributed by atoms with Crippen LogP contribution in [0.25, 0.3) is 0 Å². The van der Waals surface area contributed by atoms with Crippen molar-refractivity contribution in [3.63, 3.8) is 0 Å². The maximum atomic E-state index is 12.2. The smallest absolute Gasteiger partial charge is 0.223 e. The fourth-order valence-electron chi connectivity index (χ4n) is 3.35. The Labute approximate surface area is 107 Å². The predicted octanol–water partition coefficient (Wildman–Crippen LogP) is 1.39. The van der Waals surface area contributed by atoms with Gasteiger partial charge in [-0.15, -0.1) is 0 Å². The molecule has 2 atom stereocenters. The highest BCUT2D eigenvalue weighted by Gasteiger charge is 2.57. The van der Waals surface area contributed by atoms with Gasteiger partial charge in [0.15, 0.2) is 0 Å². The van der Waals surface area contributed by atoms with Crippen LogP contribution in [0, 0.1) is 11.3 Å². The molecule has 3 fully saturated rings. The van der Waals surface area contributed by atoms with Gasteiger partial charge in [0.05, 0.1) is 0 Å². The van der Waals surface area contributed by atoms with Crippen molar-refractivity contribution >= 4 is 17.7 Å². The van der Waals surface area contributed by atoms with Crippen LogP contribution >= 0.6 is 11.8 Å². The van der Waals surface area contributed by atoms with Crippen molar-refractivity contribution < 1.29 is 4.79 Å². The number of piperidine rings is 1. The fourth-order valence-corrected chi connectivity index (χ4v) is 4.42. The first-order valence-electron chi connectivity index (χ1n) is 6.89. The molecule has 3 rings (SSSR count). The van der Waals surface area contributed by atoms with Gasteiger partial charge in [0.2, 0.25) is 5.91 Å². The number of rotatable bonds is 2. The van der Waals surface area contributed by atoms with Crippen molar-refractivity contribution in [3.8, 4) is 0 Å². The predicted molar refractivity (Wildman–Crippen MR) is 71.1 cm³/mol. The Morgan fingerprint density at radius 2 is 2.18 bits per heavy atom. The van der Waals surface area contributed by atoms with Crippen LogP contribution in [0.1, 0.15) is 32.1 Å². The number of hydrogen-bond donors (Lipinski definition) is 2. The van der Waals surface area contributed by atoms with Crippen LogP contribution in [0.2, 0.25) is 0 Å². The summed E-state index contributed by atoms with van der Waals surface area (Å²) in [5.74, 6) is 3.06. The molecule has 1 aliphatic carbocycles. The van der Waals surface area contributed by atoms with Gasteiger partial charge in [-0.25, -0.2) is 0 Å². The van der Waals surface area contributed by atoms with Gasteiger partial charge in [0.25, 0.3) is 0 Å². The van der Waals surface area contributed by atoms with Gasteiger partial charge in [0.1, 0.15) is 0 Å². The first-order chi connectivity index (χ1) is 8.30. The monoisotopic (exact) mass is 254 g/mol. The first kappa shape index (κ1) is 11.8. The lowest BCUT2D eigenvalue weighted by Crippen LogP contribution is -2.41. The minimum atomic E-state index is 0.330. The van der Waals surface area contributed by atoms with Crippen LogP contribution in [-0.4, -0.2) is 36.5 Å². The van der Waals surface area contributed by atoms with Crippen LogP contribution in [0.3, 0.4) is 0 Å². The molecule has 1 saturated carbocycles. The number of thioether (sulfide) groups is 1. The van der Waals surface area contributed by atoms with Crippen molar-refractivity contribution in [1.29, 1.82) is 0 Å². The fraction of sp³-hybridized carbons (Fsp3) is 0.923. The third-order valence-electron chi connectivity index (χ3n) is 4.61. The van der Waals surface area contributed by atoms with Crippen molar-refractivity contribution in [2.45, 2.75) is 38.1 Å². The Balaban J connectivity index is 1.50. The lowest BCUT2D eigenvalue weighted by atomic mass is 9.91. The molecule has 3 nitrogen and oxygen atoms in total. The summed E-state index contributed by atoms with van der Waals surface area (Å²) in [5.41, 5.74) is 0.386. The van der Waals surface area contributed by atoms with E-state index in [0.717, 1.165) is 25.3 Å².